The van der Waals surface area contributed by atoms with Crippen LogP contribution in [0.1, 0.15) is 22.7 Å². The van der Waals surface area contributed by atoms with Gasteiger partial charge in [-0.2, -0.15) is 0 Å². The lowest BCUT2D eigenvalue weighted by Crippen LogP contribution is -2.23. The fourth-order valence-electron chi connectivity index (χ4n) is 1.35. The number of hydrogen-bond acceptors (Lipinski definition) is 3. The number of imidazole rings is 1. The van der Waals surface area contributed by atoms with Crippen molar-refractivity contribution in [3.8, 4) is 0 Å². The number of rotatable bonds is 4. The van der Waals surface area contributed by atoms with E-state index in [1.54, 1.807) is 21.0 Å². The topological polar surface area (TPSA) is 75.4 Å². The number of carboxylic acid groups (broad SMARTS) is 1. The van der Waals surface area contributed by atoms with E-state index in [1.807, 2.05) is 0 Å². The zero-order chi connectivity index (χ0) is 12.3. The standard InChI is InChI=1S/C10H15N3O3/c1-7-11-6-8(10(15)16)13(7)5-4-9(14)12(2)3/h6H,4-5H2,1-3H3,(H,15,16). The fourth-order valence-corrected chi connectivity index (χ4v) is 1.35. The summed E-state index contributed by atoms with van der Waals surface area (Å²) in [6.07, 6.45) is 1.57. The molecule has 6 nitrogen and oxygen atoms in total. The maximum atomic E-state index is 11.4. The molecule has 0 unspecified atom stereocenters. The van der Waals surface area contributed by atoms with Crippen LogP contribution >= 0.6 is 0 Å². The Morgan fingerprint density at radius 2 is 2.12 bits per heavy atom. The summed E-state index contributed by atoms with van der Waals surface area (Å²) in [6.45, 7) is 2.05. The summed E-state index contributed by atoms with van der Waals surface area (Å²) in [4.78, 5) is 27.6. The van der Waals surface area contributed by atoms with Crippen LogP contribution in [0.4, 0.5) is 0 Å². The van der Waals surface area contributed by atoms with Gasteiger partial charge in [0, 0.05) is 27.1 Å². The third-order valence-corrected chi connectivity index (χ3v) is 2.32. The van der Waals surface area contributed by atoms with Crippen molar-refractivity contribution in [3.63, 3.8) is 0 Å². The second-order valence-corrected chi connectivity index (χ2v) is 3.69. The number of carboxylic acids is 1. The molecule has 1 amide bonds. The summed E-state index contributed by atoms with van der Waals surface area (Å²) >= 11 is 0. The van der Waals surface area contributed by atoms with E-state index in [1.165, 1.54) is 15.7 Å². The SMILES string of the molecule is Cc1ncc(C(=O)O)n1CCC(=O)N(C)C. The van der Waals surface area contributed by atoms with E-state index in [-0.39, 0.29) is 18.0 Å². The Morgan fingerprint density at radius 1 is 1.50 bits per heavy atom. The van der Waals surface area contributed by atoms with E-state index in [0.717, 1.165) is 0 Å². The van der Waals surface area contributed by atoms with Crippen LogP contribution in [-0.4, -0.2) is 45.5 Å². The maximum Gasteiger partial charge on any atom is 0.354 e. The van der Waals surface area contributed by atoms with Crippen LogP contribution in [0.15, 0.2) is 6.20 Å². The largest absolute Gasteiger partial charge is 0.477 e. The van der Waals surface area contributed by atoms with Crippen molar-refractivity contribution in [2.45, 2.75) is 19.9 Å². The molecule has 0 spiro atoms. The summed E-state index contributed by atoms with van der Waals surface area (Å²) in [5, 5.41) is 8.90. The van der Waals surface area contributed by atoms with Gasteiger partial charge >= 0.3 is 5.97 Å². The van der Waals surface area contributed by atoms with Crippen LogP contribution in [0.25, 0.3) is 0 Å². The van der Waals surface area contributed by atoms with Crippen LogP contribution in [0.3, 0.4) is 0 Å². The van der Waals surface area contributed by atoms with Gasteiger partial charge in [0.1, 0.15) is 11.5 Å². The zero-order valence-electron chi connectivity index (χ0n) is 9.60. The van der Waals surface area contributed by atoms with Crippen LogP contribution in [0.2, 0.25) is 0 Å². The molecule has 0 aliphatic carbocycles. The Bertz CT molecular complexity index is 409. The lowest BCUT2D eigenvalue weighted by Gasteiger charge is -2.11. The molecule has 1 aromatic heterocycles. The predicted molar refractivity (Wildman–Crippen MR) is 57.2 cm³/mol. The number of nitrogens with zero attached hydrogens (tertiary/aromatic N) is 3. The highest BCUT2D eigenvalue weighted by molar-refractivity contribution is 5.85. The Balaban J connectivity index is 2.77. The molecule has 0 bridgehead atoms. The monoisotopic (exact) mass is 225 g/mol. The number of aromatic nitrogens is 2. The molecule has 0 aromatic carbocycles. The van der Waals surface area contributed by atoms with E-state index in [0.29, 0.717) is 12.4 Å². The molecular formula is C10H15N3O3. The summed E-state index contributed by atoms with van der Waals surface area (Å²) in [7, 11) is 3.34. The highest BCUT2D eigenvalue weighted by atomic mass is 16.4. The number of aromatic carboxylic acids is 1. The molecule has 88 valence electrons. The summed E-state index contributed by atoms with van der Waals surface area (Å²) < 4.78 is 1.53. The van der Waals surface area contributed by atoms with Gasteiger partial charge in [0.15, 0.2) is 0 Å². The molecule has 1 rings (SSSR count). The van der Waals surface area contributed by atoms with Crippen molar-refractivity contribution in [1.82, 2.24) is 14.5 Å². The number of carbonyl (C=O) groups is 2. The minimum Gasteiger partial charge on any atom is -0.477 e. The molecule has 16 heavy (non-hydrogen) atoms. The molecule has 1 N–H and O–H groups in total. The Morgan fingerprint density at radius 3 is 2.62 bits per heavy atom. The third-order valence-electron chi connectivity index (χ3n) is 2.32. The highest BCUT2D eigenvalue weighted by Crippen LogP contribution is 2.06. The van der Waals surface area contributed by atoms with Crippen molar-refractivity contribution < 1.29 is 14.7 Å². The minimum atomic E-state index is -1.03. The molecule has 0 aliphatic heterocycles. The van der Waals surface area contributed by atoms with Gasteiger partial charge in [-0.1, -0.05) is 0 Å². The molecule has 0 radical (unpaired) electrons. The smallest absolute Gasteiger partial charge is 0.354 e. The molecule has 0 aliphatic rings. The normalized spacial score (nSPS) is 10.2. The van der Waals surface area contributed by atoms with Crippen molar-refractivity contribution in [2.24, 2.45) is 0 Å². The first kappa shape index (κ1) is 12.2. The number of aryl methyl sites for hydroxylation is 1. The highest BCUT2D eigenvalue weighted by Gasteiger charge is 2.14. The number of amides is 1. The molecule has 1 heterocycles. The van der Waals surface area contributed by atoms with Gasteiger partial charge in [-0.05, 0) is 6.92 Å². The molecule has 0 fully saturated rings. The summed E-state index contributed by atoms with van der Waals surface area (Å²) in [5.41, 5.74) is 0.115. The van der Waals surface area contributed by atoms with Gasteiger partial charge < -0.3 is 14.6 Å². The van der Waals surface area contributed by atoms with Gasteiger partial charge in [-0.15, -0.1) is 0 Å². The minimum absolute atomic E-state index is 0.0376. The third kappa shape index (κ3) is 2.59. The maximum absolute atomic E-state index is 11.4. The fraction of sp³-hybridized carbons (Fsp3) is 0.500. The first-order chi connectivity index (χ1) is 7.43. The predicted octanol–water partition coefficient (Wildman–Crippen LogP) is 0.368. The first-order valence-corrected chi connectivity index (χ1v) is 4.89. The lowest BCUT2D eigenvalue weighted by atomic mass is 10.3. The number of carbonyl (C=O) groups excluding carboxylic acids is 1. The molecule has 0 atom stereocenters. The zero-order valence-corrected chi connectivity index (χ0v) is 9.60. The number of hydrogen-bond donors (Lipinski definition) is 1. The van der Waals surface area contributed by atoms with Gasteiger partial charge in [-0.3, -0.25) is 4.79 Å². The van der Waals surface area contributed by atoms with Crippen LogP contribution < -0.4 is 0 Å². The van der Waals surface area contributed by atoms with Crippen LogP contribution in [0.5, 0.6) is 0 Å². The van der Waals surface area contributed by atoms with E-state index in [4.69, 9.17) is 5.11 Å². The second kappa shape index (κ2) is 4.78. The van der Waals surface area contributed by atoms with Gasteiger partial charge in [0.05, 0.1) is 6.20 Å². The Kier molecular flexibility index (Phi) is 3.65. The van der Waals surface area contributed by atoms with Crippen molar-refractivity contribution in [1.29, 1.82) is 0 Å². The van der Waals surface area contributed by atoms with E-state index < -0.39 is 5.97 Å². The Hall–Kier alpha value is -1.85. The average molecular weight is 225 g/mol. The van der Waals surface area contributed by atoms with Gasteiger partial charge in [0.2, 0.25) is 5.91 Å². The van der Waals surface area contributed by atoms with Gasteiger partial charge in [-0.25, -0.2) is 9.78 Å². The molecule has 0 saturated carbocycles. The van der Waals surface area contributed by atoms with Crippen molar-refractivity contribution in [2.75, 3.05) is 14.1 Å². The quantitative estimate of drug-likeness (QED) is 0.803. The molecule has 1 aromatic rings. The summed E-state index contributed by atoms with van der Waals surface area (Å²) in [6, 6.07) is 0. The van der Waals surface area contributed by atoms with Crippen molar-refractivity contribution >= 4 is 11.9 Å². The molecule has 0 saturated heterocycles. The van der Waals surface area contributed by atoms with Crippen LogP contribution in [0, 0.1) is 6.92 Å². The first-order valence-electron chi connectivity index (χ1n) is 4.89. The van der Waals surface area contributed by atoms with E-state index >= 15 is 0 Å². The lowest BCUT2D eigenvalue weighted by molar-refractivity contribution is -0.128. The molecular weight excluding hydrogens is 210 g/mol. The van der Waals surface area contributed by atoms with Crippen molar-refractivity contribution in [3.05, 3.63) is 17.7 Å². The average Bonchev–Trinajstić information content (AvgIpc) is 2.56. The molecule has 6 heteroatoms. The Labute approximate surface area is 93.5 Å². The van der Waals surface area contributed by atoms with Crippen LogP contribution in [-0.2, 0) is 11.3 Å². The van der Waals surface area contributed by atoms with E-state index in [9.17, 15) is 9.59 Å². The second-order valence-electron chi connectivity index (χ2n) is 3.69. The van der Waals surface area contributed by atoms with Gasteiger partial charge in [0.25, 0.3) is 0 Å². The van der Waals surface area contributed by atoms with E-state index in [2.05, 4.69) is 4.98 Å². The summed E-state index contributed by atoms with van der Waals surface area (Å²) in [5.74, 6) is -0.466.